The SMILES string of the molecule is CCC(C)C1CCCCN1OCc1ccccc1. The molecule has 0 N–H and O–H groups in total. The van der Waals surface area contributed by atoms with Crippen molar-refractivity contribution in [2.24, 2.45) is 5.92 Å². The fourth-order valence-corrected chi connectivity index (χ4v) is 2.66. The van der Waals surface area contributed by atoms with Crippen molar-refractivity contribution in [3.63, 3.8) is 0 Å². The van der Waals surface area contributed by atoms with E-state index < -0.39 is 0 Å². The summed E-state index contributed by atoms with van der Waals surface area (Å²) >= 11 is 0. The molecule has 0 aliphatic carbocycles. The molecule has 100 valence electrons. The molecule has 2 rings (SSSR count). The Morgan fingerprint density at radius 1 is 1.28 bits per heavy atom. The third kappa shape index (κ3) is 3.56. The molecule has 1 heterocycles. The Morgan fingerprint density at radius 3 is 2.78 bits per heavy atom. The van der Waals surface area contributed by atoms with E-state index in [-0.39, 0.29) is 0 Å². The van der Waals surface area contributed by atoms with Gasteiger partial charge < -0.3 is 0 Å². The summed E-state index contributed by atoms with van der Waals surface area (Å²) in [6, 6.07) is 11.0. The summed E-state index contributed by atoms with van der Waals surface area (Å²) in [4.78, 5) is 6.04. The second-order valence-electron chi connectivity index (χ2n) is 5.35. The molecule has 0 amide bonds. The Bertz CT molecular complexity index is 338. The zero-order valence-corrected chi connectivity index (χ0v) is 11.6. The number of nitrogens with zero attached hydrogens (tertiary/aromatic N) is 1. The number of piperidine rings is 1. The smallest absolute Gasteiger partial charge is 0.0936 e. The van der Waals surface area contributed by atoms with Crippen LogP contribution in [0, 0.1) is 5.92 Å². The Labute approximate surface area is 111 Å². The van der Waals surface area contributed by atoms with E-state index in [1.807, 2.05) is 6.07 Å². The van der Waals surface area contributed by atoms with Crippen LogP contribution in [0.3, 0.4) is 0 Å². The van der Waals surface area contributed by atoms with Crippen molar-refractivity contribution < 1.29 is 4.84 Å². The molecule has 1 fully saturated rings. The Kier molecular flexibility index (Phi) is 5.21. The standard InChI is InChI=1S/C16H25NO/c1-3-14(2)16-11-7-8-12-17(16)18-13-15-9-5-4-6-10-15/h4-6,9-10,14,16H,3,7-8,11-13H2,1-2H3. The maximum Gasteiger partial charge on any atom is 0.0936 e. The number of rotatable bonds is 5. The molecule has 1 aliphatic rings. The van der Waals surface area contributed by atoms with Crippen LogP contribution in [0.15, 0.2) is 30.3 Å². The molecule has 0 aromatic heterocycles. The zero-order chi connectivity index (χ0) is 12.8. The van der Waals surface area contributed by atoms with E-state index in [1.54, 1.807) is 0 Å². The molecule has 1 saturated heterocycles. The van der Waals surface area contributed by atoms with E-state index in [2.05, 4.69) is 43.2 Å². The van der Waals surface area contributed by atoms with Crippen molar-refractivity contribution in [1.29, 1.82) is 0 Å². The average Bonchev–Trinajstić information content (AvgIpc) is 2.45. The van der Waals surface area contributed by atoms with E-state index >= 15 is 0 Å². The van der Waals surface area contributed by atoms with Gasteiger partial charge >= 0.3 is 0 Å². The minimum absolute atomic E-state index is 0.604. The Hall–Kier alpha value is -0.860. The average molecular weight is 247 g/mol. The molecule has 1 aromatic carbocycles. The van der Waals surface area contributed by atoms with Gasteiger partial charge in [0.1, 0.15) is 0 Å². The van der Waals surface area contributed by atoms with Gasteiger partial charge in [0.15, 0.2) is 0 Å². The molecule has 0 bridgehead atoms. The Balaban J connectivity index is 1.89. The van der Waals surface area contributed by atoms with Crippen LogP contribution in [0.2, 0.25) is 0 Å². The van der Waals surface area contributed by atoms with E-state index in [0.29, 0.717) is 12.6 Å². The van der Waals surface area contributed by atoms with Gasteiger partial charge in [-0.2, -0.15) is 5.06 Å². The van der Waals surface area contributed by atoms with Gasteiger partial charge in [0.05, 0.1) is 6.61 Å². The summed E-state index contributed by atoms with van der Waals surface area (Å²) in [5.74, 6) is 0.723. The van der Waals surface area contributed by atoms with Gasteiger partial charge in [0.2, 0.25) is 0 Å². The number of hydrogen-bond acceptors (Lipinski definition) is 2. The lowest BCUT2D eigenvalue weighted by atomic mass is 9.91. The van der Waals surface area contributed by atoms with Crippen molar-refractivity contribution in [3.8, 4) is 0 Å². The molecular formula is C16H25NO. The highest BCUT2D eigenvalue weighted by molar-refractivity contribution is 5.13. The minimum atomic E-state index is 0.604. The second kappa shape index (κ2) is 6.91. The first kappa shape index (κ1) is 13.6. The van der Waals surface area contributed by atoms with Gasteiger partial charge in [0.25, 0.3) is 0 Å². The van der Waals surface area contributed by atoms with Gasteiger partial charge in [-0.25, -0.2) is 0 Å². The summed E-state index contributed by atoms with van der Waals surface area (Å²) in [7, 11) is 0. The molecule has 1 aromatic rings. The zero-order valence-electron chi connectivity index (χ0n) is 11.6. The molecule has 0 radical (unpaired) electrons. The predicted molar refractivity (Wildman–Crippen MR) is 75.0 cm³/mol. The van der Waals surface area contributed by atoms with Crippen LogP contribution in [0.4, 0.5) is 0 Å². The Morgan fingerprint density at radius 2 is 2.06 bits per heavy atom. The fourth-order valence-electron chi connectivity index (χ4n) is 2.66. The summed E-state index contributed by atoms with van der Waals surface area (Å²) < 4.78 is 0. The van der Waals surface area contributed by atoms with Crippen LogP contribution in [-0.2, 0) is 11.4 Å². The quantitative estimate of drug-likeness (QED) is 0.779. The molecule has 1 aliphatic heterocycles. The highest BCUT2D eigenvalue weighted by atomic mass is 16.7. The van der Waals surface area contributed by atoms with Crippen LogP contribution in [0.25, 0.3) is 0 Å². The summed E-state index contributed by atoms with van der Waals surface area (Å²) in [5, 5.41) is 2.24. The van der Waals surface area contributed by atoms with Gasteiger partial charge in [-0.05, 0) is 24.3 Å². The van der Waals surface area contributed by atoms with Crippen molar-refractivity contribution in [2.75, 3.05) is 6.54 Å². The summed E-state index contributed by atoms with van der Waals surface area (Å²) in [6.07, 6.45) is 5.13. The molecule has 2 unspecified atom stereocenters. The lowest BCUT2D eigenvalue weighted by Gasteiger charge is -2.38. The van der Waals surface area contributed by atoms with Gasteiger partial charge in [-0.15, -0.1) is 0 Å². The second-order valence-corrected chi connectivity index (χ2v) is 5.35. The van der Waals surface area contributed by atoms with E-state index in [4.69, 9.17) is 4.84 Å². The lowest BCUT2D eigenvalue weighted by molar-refractivity contribution is -0.217. The first-order valence-corrected chi connectivity index (χ1v) is 7.24. The molecule has 0 saturated carbocycles. The number of benzene rings is 1. The van der Waals surface area contributed by atoms with Crippen LogP contribution >= 0.6 is 0 Å². The highest BCUT2D eigenvalue weighted by Gasteiger charge is 2.27. The van der Waals surface area contributed by atoms with Gasteiger partial charge in [0, 0.05) is 12.6 Å². The van der Waals surface area contributed by atoms with Crippen molar-refractivity contribution in [2.45, 2.75) is 52.2 Å². The third-order valence-electron chi connectivity index (χ3n) is 4.04. The largest absolute Gasteiger partial charge is 0.294 e. The molecule has 18 heavy (non-hydrogen) atoms. The number of hydrogen-bond donors (Lipinski definition) is 0. The van der Waals surface area contributed by atoms with Crippen molar-refractivity contribution in [3.05, 3.63) is 35.9 Å². The number of hydroxylamine groups is 2. The first-order chi connectivity index (χ1) is 8.81. The van der Waals surface area contributed by atoms with Crippen LogP contribution in [0.5, 0.6) is 0 Å². The molecule has 2 heteroatoms. The first-order valence-electron chi connectivity index (χ1n) is 7.24. The topological polar surface area (TPSA) is 12.5 Å². The van der Waals surface area contributed by atoms with Crippen LogP contribution < -0.4 is 0 Å². The molecule has 2 nitrogen and oxygen atoms in total. The highest BCUT2D eigenvalue weighted by Crippen LogP contribution is 2.25. The summed E-state index contributed by atoms with van der Waals surface area (Å²) in [6.45, 7) is 6.40. The fraction of sp³-hybridized carbons (Fsp3) is 0.625. The predicted octanol–water partition coefficient (Wildman–Crippen LogP) is 4.02. The molecular weight excluding hydrogens is 222 g/mol. The van der Waals surface area contributed by atoms with Crippen molar-refractivity contribution >= 4 is 0 Å². The lowest BCUT2D eigenvalue weighted by Crippen LogP contribution is -2.43. The van der Waals surface area contributed by atoms with Crippen LogP contribution in [0.1, 0.15) is 45.1 Å². The maximum absolute atomic E-state index is 6.04. The maximum atomic E-state index is 6.04. The van der Waals surface area contributed by atoms with Gasteiger partial charge in [-0.1, -0.05) is 57.0 Å². The van der Waals surface area contributed by atoms with E-state index in [9.17, 15) is 0 Å². The normalized spacial score (nSPS) is 22.9. The van der Waals surface area contributed by atoms with E-state index in [0.717, 1.165) is 12.5 Å². The van der Waals surface area contributed by atoms with Crippen LogP contribution in [-0.4, -0.2) is 17.6 Å². The van der Waals surface area contributed by atoms with Gasteiger partial charge in [-0.3, -0.25) is 4.84 Å². The summed E-state index contributed by atoms with van der Waals surface area (Å²) in [5.41, 5.74) is 1.26. The molecule has 0 spiro atoms. The minimum Gasteiger partial charge on any atom is -0.294 e. The van der Waals surface area contributed by atoms with E-state index in [1.165, 1.54) is 31.2 Å². The monoisotopic (exact) mass is 247 g/mol. The molecule has 2 atom stereocenters. The van der Waals surface area contributed by atoms with Crippen molar-refractivity contribution in [1.82, 2.24) is 5.06 Å². The third-order valence-corrected chi connectivity index (χ3v) is 4.04.